The standard InChI is InChI=1S/C20H21F2N9.CH4/c1-29-12-16(10-25-29)27-20-24-8-14-9-26-31(19(14)28-20)11-13-6-15(21)7-17(18(13)22)30-4-2-23-3-5-30;/h6-10,12,23H,2-5,11H2,1H3,(H,24,27,28);1H4. The smallest absolute Gasteiger partial charge is 0.229 e. The maximum atomic E-state index is 15.3. The maximum absolute atomic E-state index is 15.3. The third-order valence-electron chi connectivity index (χ3n) is 5.21. The summed E-state index contributed by atoms with van der Waals surface area (Å²) < 4.78 is 32.8. The van der Waals surface area contributed by atoms with Crippen LogP contribution in [0.25, 0.3) is 11.0 Å². The summed E-state index contributed by atoms with van der Waals surface area (Å²) in [6, 6.07) is 2.47. The molecule has 3 aromatic heterocycles. The molecule has 1 saturated heterocycles. The van der Waals surface area contributed by atoms with Crippen LogP contribution in [0.15, 0.2) is 36.9 Å². The molecule has 0 spiro atoms. The SMILES string of the molecule is C.Cn1cc(Nc2ncc3cnn(Cc4cc(F)cc(N5CCNCC5)c4F)c3n2)cn1. The van der Waals surface area contributed by atoms with E-state index in [4.69, 9.17) is 0 Å². The highest BCUT2D eigenvalue weighted by Crippen LogP contribution is 2.26. The third-order valence-corrected chi connectivity index (χ3v) is 5.21. The number of halogens is 2. The zero-order chi connectivity index (χ0) is 21.4. The van der Waals surface area contributed by atoms with E-state index in [2.05, 4.69) is 30.8 Å². The van der Waals surface area contributed by atoms with Crippen molar-refractivity contribution in [2.45, 2.75) is 14.0 Å². The third kappa shape index (κ3) is 4.24. The van der Waals surface area contributed by atoms with Crippen LogP contribution in [-0.4, -0.2) is 55.7 Å². The van der Waals surface area contributed by atoms with Crippen molar-refractivity contribution in [1.82, 2.24) is 34.8 Å². The molecule has 1 aromatic carbocycles. The van der Waals surface area contributed by atoms with Crippen molar-refractivity contribution >= 4 is 28.4 Å². The molecular weight excluding hydrogens is 416 g/mol. The molecule has 0 saturated carbocycles. The topological polar surface area (TPSA) is 88.7 Å². The van der Waals surface area contributed by atoms with Crippen LogP contribution in [0.2, 0.25) is 0 Å². The molecule has 9 nitrogen and oxygen atoms in total. The Morgan fingerprint density at radius 1 is 1.09 bits per heavy atom. The summed E-state index contributed by atoms with van der Waals surface area (Å²) in [6.07, 6.45) is 6.70. The molecule has 168 valence electrons. The zero-order valence-corrected chi connectivity index (χ0v) is 16.9. The van der Waals surface area contributed by atoms with Crippen molar-refractivity contribution in [3.8, 4) is 0 Å². The highest BCUT2D eigenvalue weighted by Gasteiger charge is 2.20. The van der Waals surface area contributed by atoms with Gasteiger partial charge >= 0.3 is 0 Å². The highest BCUT2D eigenvalue weighted by atomic mass is 19.1. The van der Waals surface area contributed by atoms with Gasteiger partial charge in [0.15, 0.2) is 11.5 Å². The molecule has 0 unspecified atom stereocenters. The van der Waals surface area contributed by atoms with Gasteiger partial charge in [-0.3, -0.25) is 4.68 Å². The molecule has 0 amide bonds. The molecule has 1 fully saturated rings. The van der Waals surface area contributed by atoms with Gasteiger partial charge in [0.05, 0.1) is 35.7 Å². The fourth-order valence-corrected chi connectivity index (χ4v) is 3.70. The maximum Gasteiger partial charge on any atom is 0.229 e. The van der Waals surface area contributed by atoms with Crippen molar-refractivity contribution in [2.24, 2.45) is 7.05 Å². The predicted molar refractivity (Wildman–Crippen MR) is 119 cm³/mol. The number of hydrogen-bond acceptors (Lipinski definition) is 7. The monoisotopic (exact) mass is 441 g/mol. The number of benzene rings is 1. The Morgan fingerprint density at radius 3 is 2.66 bits per heavy atom. The number of anilines is 3. The normalized spacial score (nSPS) is 13.9. The lowest BCUT2D eigenvalue weighted by atomic mass is 10.1. The summed E-state index contributed by atoms with van der Waals surface area (Å²) in [5.41, 5.74) is 1.76. The summed E-state index contributed by atoms with van der Waals surface area (Å²) in [4.78, 5) is 10.6. The van der Waals surface area contributed by atoms with Crippen LogP contribution in [0.1, 0.15) is 13.0 Å². The van der Waals surface area contributed by atoms with Gasteiger partial charge in [-0.2, -0.15) is 15.2 Å². The van der Waals surface area contributed by atoms with Gasteiger partial charge in [-0.05, 0) is 6.07 Å². The minimum Gasteiger partial charge on any atom is -0.367 e. The second-order valence-corrected chi connectivity index (χ2v) is 7.44. The van der Waals surface area contributed by atoms with Gasteiger partial charge in [-0.1, -0.05) is 7.43 Å². The number of fused-ring (bicyclic) bond motifs is 1. The number of aromatic nitrogens is 6. The van der Waals surface area contributed by atoms with Gasteiger partial charge in [-0.25, -0.2) is 18.4 Å². The van der Waals surface area contributed by atoms with Crippen molar-refractivity contribution in [3.05, 3.63) is 54.1 Å². The van der Waals surface area contributed by atoms with Gasteiger partial charge in [-0.15, -0.1) is 0 Å². The summed E-state index contributed by atoms with van der Waals surface area (Å²) >= 11 is 0. The first-order valence-corrected chi connectivity index (χ1v) is 9.94. The van der Waals surface area contributed by atoms with Gasteiger partial charge < -0.3 is 15.5 Å². The Labute approximate surface area is 184 Å². The highest BCUT2D eigenvalue weighted by molar-refractivity contribution is 5.75. The van der Waals surface area contributed by atoms with Crippen molar-refractivity contribution in [2.75, 3.05) is 36.4 Å². The van der Waals surface area contributed by atoms with Crippen LogP contribution < -0.4 is 15.5 Å². The zero-order valence-electron chi connectivity index (χ0n) is 16.9. The van der Waals surface area contributed by atoms with E-state index in [1.807, 2.05) is 11.9 Å². The Bertz CT molecular complexity index is 1230. The predicted octanol–water partition coefficient (Wildman–Crippen LogP) is 2.68. The second-order valence-electron chi connectivity index (χ2n) is 7.44. The molecule has 5 rings (SSSR count). The average molecular weight is 441 g/mol. The van der Waals surface area contributed by atoms with E-state index in [0.29, 0.717) is 30.1 Å². The number of nitrogens with one attached hydrogen (secondary N) is 2. The largest absolute Gasteiger partial charge is 0.367 e. The van der Waals surface area contributed by atoms with Crippen molar-refractivity contribution in [1.29, 1.82) is 0 Å². The van der Waals surface area contributed by atoms with E-state index in [9.17, 15) is 4.39 Å². The molecule has 11 heteroatoms. The lowest BCUT2D eigenvalue weighted by Gasteiger charge is -2.30. The average Bonchev–Trinajstić information content (AvgIpc) is 3.37. The fourth-order valence-electron chi connectivity index (χ4n) is 3.70. The van der Waals surface area contributed by atoms with Crippen LogP contribution in [-0.2, 0) is 13.6 Å². The lowest BCUT2D eigenvalue weighted by Crippen LogP contribution is -2.44. The van der Waals surface area contributed by atoms with Gasteiger partial charge in [0.1, 0.15) is 5.82 Å². The molecule has 32 heavy (non-hydrogen) atoms. The Morgan fingerprint density at radius 2 is 1.91 bits per heavy atom. The van der Waals surface area contributed by atoms with Crippen LogP contribution in [0.5, 0.6) is 0 Å². The first-order chi connectivity index (χ1) is 15.1. The van der Waals surface area contributed by atoms with Crippen LogP contribution in [0.3, 0.4) is 0 Å². The molecule has 2 N–H and O–H groups in total. The molecule has 0 radical (unpaired) electrons. The van der Waals surface area contributed by atoms with E-state index < -0.39 is 11.6 Å². The molecule has 1 aliphatic heterocycles. The van der Waals surface area contributed by atoms with Gasteiger partial charge in [0.2, 0.25) is 5.95 Å². The van der Waals surface area contributed by atoms with E-state index in [1.54, 1.807) is 34.2 Å². The van der Waals surface area contributed by atoms with Crippen LogP contribution in [0.4, 0.5) is 26.1 Å². The second kappa shape index (κ2) is 8.87. The summed E-state index contributed by atoms with van der Waals surface area (Å²) in [5, 5.41) is 15.4. The molecular formula is C21H25F2N9. The van der Waals surface area contributed by atoms with Crippen LogP contribution in [0, 0.1) is 11.6 Å². The molecule has 4 aromatic rings. The lowest BCUT2D eigenvalue weighted by molar-refractivity contribution is 0.543. The molecule has 1 aliphatic rings. The Kier molecular flexibility index (Phi) is 5.99. The molecule has 0 atom stereocenters. The van der Waals surface area contributed by atoms with E-state index in [1.165, 1.54) is 12.1 Å². The molecule has 0 aliphatic carbocycles. The number of aryl methyl sites for hydroxylation is 1. The summed E-state index contributed by atoms with van der Waals surface area (Å²) in [7, 11) is 1.81. The number of nitrogens with zero attached hydrogens (tertiary/aromatic N) is 7. The molecule has 0 bridgehead atoms. The first kappa shape index (κ1) is 21.6. The summed E-state index contributed by atoms with van der Waals surface area (Å²) in [5.74, 6) is -0.548. The minimum atomic E-state index is -0.477. The van der Waals surface area contributed by atoms with E-state index >= 15 is 4.39 Å². The van der Waals surface area contributed by atoms with Gasteiger partial charge in [0.25, 0.3) is 0 Å². The number of rotatable bonds is 5. The number of hydrogen-bond donors (Lipinski definition) is 2. The molecule has 4 heterocycles. The summed E-state index contributed by atoms with van der Waals surface area (Å²) in [6.45, 7) is 2.77. The van der Waals surface area contributed by atoms with E-state index in [0.717, 1.165) is 18.8 Å². The van der Waals surface area contributed by atoms with E-state index in [-0.39, 0.29) is 25.2 Å². The van der Waals surface area contributed by atoms with Crippen molar-refractivity contribution in [3.63, 3.8) is 0 Å². The number of piperazine rings is 1. The minimum absolute atomic E-state index is 0. The van der Waals surface area contributed by atoms with Crippen LogP contribution >= 0.6 is 0 Å². The Balaban J connectivity index is 0.00000245. The first-order valence-electron chi connectivity index (χ1n) is 9.94. The fraction of sp³-hybridized carbons (Fsp3) is 0.333. The Hall–Kier alpha value is -3.60. The quantitative estimate of drug-likeness (QED) is 0.492. The van der Waals surface area contributed by atoms with Gasteiger partial charge in [0, 0.05) is 57.3 Å². The van der Waals surface area contributed by atoms with Crippen molar-refractivity contribution < 1.29 is 8.78 Å².